The van der Waals surface area contributed by atoms with E-state index in [2.05, 4.69) is 22.6 Å². The van der Waals surface area contributed by atoms with Gasteiger partial charge in [0, 0.05) is 36.7 Å². The highest BCUT2D eigenvalue weighted by molar-refractivity contribution is 5.92. The van der Waals surface area contributed by atoms with Gasteiger partial charge in [0.15, 0.2) is 11.5 Å². The number of alkyl halides is 3. The molecular weight excluding hydrogens is 533 g/mol. The predicted molar refractivity (Wildman–Crippen MR) is 147 cm³/mol. The molecule has 0 radical (unpaired) electrons. The van der Waals surface area contributed by atoms with E-state index in [1.165, 1.54) is 48.8 Å². The van der Waals surface area contributed by atoms with E-state index >= 15 is 0 Å². The number of carbonyl (C=O) groups excluding carboxylic acids is 1. The van der Waals surface area contributed by atoms with Gasteiger partial charge in [-0.15, -0.1) is 13.2 Å². The number of phenols is 1. The summed E-state index contributed by atoms with van der Waals surface area (Å²) in [7, 11) is 1.77. The molecule has 2 aromatic rings. The zero-order chi connectivity index (χ0) is 28.7. The Kier molecular flexibility index (Phi) is 5.95. The Bertz CT molecular complexity index is 1420. The molecule has 2 aromatic carbocycles. The van der Waals surface area contributed by atoms with Crippen LogP contribution in [0.25, 0.3) is 6.08 Å². The van der Waals surface area contributed by atoms with Crippen molar-refractivity contribution in [1.82, 2.24) is 9.80 Å². The average molecular weight is 569 g/mol. The minimum atomic E-state index is -4.79. The van der Waals surface area contributed by atoms with E-state index in [0.717, 1.165) is 50.3 Å². The second-order valence-corrected chi connectivity index (χ2v) is 12.8. The van der Waals surface area contributed by atoms with E-state index in [1.807, 2.05) is 0 Å². The maximum Gasteiger partial charge on any atom is 0.573 e. The molecule has 2 heterocycles. The lowest BCUT2D eigenvalue weighted by atomic mass is 9.43. The van der Waals surface area contributed by atoms with Crippen molar-refractivity contribution in [2.75, 3.05) is 20.1 Å². The molecule has 1 amide bonds. The highest BCUT2D eigenvalue weighted by Crippen LogP contribution is 2.69. The summed E-state index contributed by atoms with van der Waals surface area (Å²) in [4.78, 5) is 17.9. The maximum atomic E-state index is 13.5. The number of halogens is 3. The van der Waals surface area contributed by atoms with Gasteiger partial charge in [-0.1, -0.05) is 25.1 Å². The first-order valence-corrected chi connectivity index (χ1v) is 14.6. The average Bonchev–Trinajstić information content (AvgIpc) is 3.66. The number of phenolic OH excluding ortho intramolecular Hbond substituents is 1. The number of likely N-dealkylation sites (N-methyl/N-ethyl adjacent to an activating group) is 1. The number of hydrogen-bond acceptors (Lipinski definition) is 5. The van der Waals surface area contributed by atoms with Crippen molar-refractivity contribution < 1.29 is 32.5 Å². The Morgan fingerprint density at radius 3 is 2.78 bits per heavy atom. The van der Waals surface area contributed by atoms with Crippen LogP contribution in [0, 0.1) is 11.3 Å². The van der Waals surface area contributed by atoms with E-state index in [-0.39, 0.29) is 40.4 Å². The summed E-state index contributed by atoms with van der Waals surface area (Å²) in [6, 6.07) is 9.54. The molecule has 2 unspecified atom stereocenters. The Balaban J connectivity index is 1.18. The fourth-order valence-electron chi connectivity index (χ4n) is 8.57. The first-order valence-electron chi connectivity index (χ1n) is 14.6. The fourth-order valence-corrected chi connectivity index (χ4v) is 8.57. The van der Waals surface area contributed by atoms with Crippen LogP contribution >= 0.6 is 0 Å². The van der Waals surface area contributed by atoms with Crippen LogP contribution in [0.4, 0.5) is 13.2 Å². The number of amides is 1. The molecule has 1 spiro atoms. The van der Waals surface area contributed by atoms with Crippen LogP contribution in [0.15, 0.2) is 42.5 Å². The van der Waals surface area contributed by atoms with Crippen LogP contribution in [0.2, 0.25) is 0 Å². The number of piperidine rings is 1. The highest BCUT2D eigenvalue weighted by atomic mass is 19.4. The van der Waals surface area contributed by atoms with E-state index < -0.39 is 6.36 Å². The number of hydrogen-bond donors (Lipinski definition) is 1. The van der Waals surface area contributed by atoms with Crippen LogP contribution in [0.3, 0.4) is 0 Å². The maximum absolute atomic E-state index is 13.5. The number of aromatic hydroxyl groups is 1. The number of rotatable bonds is 6. The third-order valence-electron chi connectivity index (χ3n) is 10.7. The minimum Gasteiger partial charge on any atom is -0.504 e. The number of likely N-dealkylation sites (tertiary alicyclic amines) is 1. The lowest BCUT2D eigenvalue weighted by Gasteiger charge is -2.66. The molecule has 9 heteroatoms. The molecule has 7 rings (SSSR count). The largest absolute Gasteiger partial charge is 0.573 e. The van der Waals surface area contributed by atoms with Crippen LogP contribution in [0.1, 0.15) is 55.7 Å². The molecule has 218 valence electrons. The molecule has 5 aliphatic rings. The number of nitrogens with zero attached hydrogens (tertiary/aromatic N) is 2. The Morgan fingerprint density at radius 1 is 1.22 bits per heavy atom. The third kappa shape index (κ3) is 4.14. The molecule has 1 saturated heterocycles. The fraction of sp³-hybridized carbons (Fsp3) is 0.531. The Morgan fingerprint density at radius 2 is 2.02 bits per heavy atom. The molecule has 2 bridgehead atoms. The molecule has 1 N–H and O–H groups in total. The van der Waals surface area contributed by atoms with Crippen molar-refractivity contribution in [3.63, 3.8) is 0 Å². The van der Waals surface area contributed by atoms with Gasteiger partial charge in [-0.3, -0.25) is 9.69 Å². The zero-order valence-corrected chi connectivity index (χ0v) is 23.3. The van der Waals surface area contributed by atoms with E-state index in [4.69, 9.17) is 4.74 Å². The molecular formula is C32H35F3N2O4. The molecule has 3 aliphatic carbocycles. The smallest absolute Gasteiger partial charge is 0.504 e. The second kappa shape index (κ2) is 9.15. The quantitative estimate of drug-likeness (QED) is 0.455. The molecule has 3 fully saturated rings. The van der Waals surface area contributed by atoms with Gasteiger partial charge in [-0.25, -0.2) is 0 Å². The first-order chi connectivity index (χ1) is 19.5. The van der Waals surface area contributed by atoms with Crippen LogP contribution in [-0.2, 0) is 16.6 Å². The highest BCUT2D eigenvalue weighted by Gasteiger charge is 2.71. The van der Waals surface area contributed by atoms with Gasteiger partial charge in [-0.2, -0.15) is 0 Å². The Labute approximate surface area is 237 Å². The van der Waals surface area contributed by atoms with Crippen molar-refractivity contribution in [3.8, 4) is 17.2 Å². The summed E-state index contributed by atoms with van der Waals surface area (Å²) in [6.45, 7) is 4.53. The van der Waals surface area contributed by atoms with Crippen molar-refractivity contribution >= 4 is 12.0 Å². The number of ether oxygens (including phenoxy) is 2. The van der Waals surface area contributed by atoms with Gasteiger partial charge in [0.25, 0.3) is 0 Å². The summed E-state index contributed by atoms with van der Waals surface area (Å²) < 4.78 is 48.7. The summed E-state index contributed by atoms with van der Waals surface area (Å²) in [6.07, 6.45) is 4.03. The number of carbonyl (C=O) groups is 1. The topological polar surface area (TPSA) is 62.2 Å². The van der Waals surface area contributed by atoms with Crippen LogP contribution < -0.4 is 9.47 Å². The van der Waals surface area contributed by atoms with Gasteiger partial charge in [0.2, 0.25) is 5.91 Å². The summed E-state index contributed by atoms with van der Waals surface area (Å²) in [5.74, 6) is 0.950. The summed E-state index contributed by atoms with van der Waals surface area (Å²) >= 11 is 0. The number of benzene rings is 2. The lowest BCUT2D eigenvalue weighted by molar-refractivity contribution is -0.274. The summed E-state index contributed by atoms with van der Waals surface area (Å²) in [5.41, 5.74) is 2.48. The first kappa shape index (κ1) is 26.7. The second-order valence-electron chi connectivity index (χ2n) is 12.8. The van der Waals surface area contributed by atoms with Gasteiger partial charge in [0.1, 0.15) is 11.9 Å². The molecule has 41 heavy (non-hydrogen) atoms. The van der Waals surface area contributed by atoms with E-state index in [9.17, 15) is 23.1 Å². The lowest BCUT2D eigenvalue weighted by Crippen LogP contribution is -2.73. The third-order valence-corrected chi connectivity index (χ3v) is 10.7. The van der Waals surface area contributed by atoms with Crippen molar-refractivity contribution in [2.45, 2.75) is 75.4 Å². The van der Waals surface area contributed by atoms with Gasteiger partial charge in [0.05, 0.1) is 6.04 Å². The predicted octanol–water partition coefficient (Wildman–Crippen LogP) is 5.67. The normalized spacial score (nSPS) is 32.0. The zero-order valence-electron chi connectivity index (χ0n) is 23.3. The van der Waals surface area contributed by atoms with Crippen molar-refractivity contribution in [1.29, 1.82) is 0 Å². The molecule has 5 atom stereocenters. The van der Waals surface area contributed by atoms with Gasteiger partial charge in [-0.05, 0) is 91.8 Å². The van der Waals surface area contributed by atoms with Gasteiger partial charge < -0.3 is 19.5 Å². The standard InChI is InChI=1S/C32H35F3N2O4/c1-30-13-12-23(36(2)26(39)11-8-19-4-3-5-22(16-19)41-32(33,34)35)29-31(30)14-15-37(18-20-6-7-20)25(30)17-21-9-10-24(38)28(40-29)27(21)31/h3-5,8-11,16,20,23,25,29,38H,6-7,12-15,17-18H2,1-2H3/b11-8+/t23?,25-,29?,30+,31+/m1/s1. The molecule has 2 saturated carbocycles. The van der Waals surface area contributed by atoms with Crippen molar-refractivity contribution in [2.24, 2.45) is 11.3 Å². The van der Waals surface area contributed by atoms with Crippen LogP contribution in [0.5, 0.6) is 17.2 Å². The monoisotopic (exact) mass is 568 g/mol. The SMILES string of the molecule is CN(C(=O)/C=C/c1cccc(OC(F)(F)F)c1)C1CC[C@@]2(C)[C@H]3Cc4ccc(O)c5c4[C@@]2(CCN3CC2CC2)C1O5. The van der Waals surface area contributed by atoms with Gasteiger partial charge >= 0.3 is 6.36 Å². The Hall–Kier alpha value is -3.20. The van der Waals surface area contributed by atoms with Crippen LogP contribution in [-0.4, -0.2) is 65.5 Å². The minimum absolute atomic E-state index is 0.0496. The van der Waals surface area contributed by atoms with E-state index in [0.29, 0.717) is 17.4 Å². The van der Waals surface area contributed by atoms with Crippen molar-refractivity contribution in [3.05, 3.63) is 59.2 Å². The molecule has 6 nitrogen and oxygen atoms in total. The summed E-state index contributed by atoms with van der Waals surface area (Å²) in [5, 5.41) is 10.9. The molecule has 0 aromatic heterocycles. The molecule has 2 aliphatic heterocycles. The van der Waals surface area contributed by atoms with E-state index in [1.54, 1.807) is 24.1 Å².